The maximum Gasteiger partial charge on any atom is 0.141 e. The van der Waals surface area contributed by atoms with E-state index in [-0.39, 0.29) is 18.2 Å². The molecule has 0 atom stereocenters. The van der Waals surface area contributed by atoms with Crippen LogP contribution in [0.3, 0.4) is 0 Å². The van der Waals surface area contributed by atoms with E-state index >= 15 is 0 Å². The van der Waals surface area contributed by atoms with Gasteiger partial charge in [-0.1, -0.05) is 12.1 Å². The molecule has 1 N–H and O–H groups in total. The molecule has 32 heavy (non-hydrogen) atoms. The van der Waals surface area contributed by atoms with Gasteiger partial charge in [0.05, 0.1) is 30.0 Å². The molecular formula is C23H21ClFN7. The molecule has 0 spiro atoms. The van der Waals surface area contributed by atoms with Crippen LogP contribution in [0.2, 0.25) is 0 Å². The fourth-order valence-corrected chi connectivity index (χ4v) is 3.53. The van der Waals surface area contributed by atoms with E-state index in [0.29, 0.717) is 12.4 Å². The Morgan fingerprint density at radius 1 is 1.00 bits per heavy atom. The van der Waals surface area contributed by atoms with Crippen LogP contribution in [0.1, 0.15) is 5.56 Å². The molecule has 0 aliphatic heterocycles. The fraction of sp³-hybridized carbons (Fsp3) is 0.130. The summed E-state index contributed by atoms with van der Waals surface area (Å²) in [6.45, 7) is 0.505. The first-order chi connectivity index (χ1) is 15.1. The number of aromatic nitrogens is 5. The third kappa shape index (κ3) is 4.17. The van der Waals surface area contributed by atoms with Crippen LogP contribution < -0.4 is 10.2 Å². The minimum atomic E-state index is -0.245. The third-order valence-electron chi connectivity index (χ3n) is 5.09. The van der Waals surface area contributed by atoms with Gasteiger partial charge in [-0.25, -0.2) is 19.3 Å². The van der Waals surface area contributed by atoms with Gasteiger partial charge in [0.15, 0.2) is 0 Å². The summed E-state index contributed by atoms with van der Waals surface area (Å²) in [6.07, 6.45) is 5.08. The Balaban J connectivity index is 0.00000245. The largest absolute Gasteiger partial charge is 0.363 e. The molecule has 162 valence electrons. The summed E-state index contributed by atoms with van der Waals surface area (Å²) in [6, 6.07) is 14.5. The molecule has 5 aromatic rings. The maximum atomic E-state index is 13.5. The van der Waals surface area contributed by atoms with Gasteiger partial charge in [0, 0.05) is 30.6 Å². The molecule has 9 heteroatoms. The van der Waals surface area contributed by atoms with Gasteiger partial charge in [-0.05, 0) is 42.0 Å². The minimum Gasteiger partial charge on any atom is -0.363 e. The van der Waals surface area contributed by atoms with Crippen molar-refractivity contribution in [1.82, 2.24) is 24.7 Å². The number of nitrogens with one attached hydrogen (secondary N) is 1. The smallest absolute Gasteiger partial charge is 0.141 e. The Kier molecular flexibility index (Phi) is 5.87. The quantitative estimate of drug-likeness (QED) is 0.416. The van der Waals surface area contributed by atoms with Gasteiger partial charge in [0.2, 0.25) is 0 Å². The van der Waals surface area contributed by atoms with E-state index in [2.05, 4.69) is 25.4 Å². The molecule has 3 aromatic heterocycles. The normalized spacial score (nSPS) is 10.8. The number of hydrogen-bond donors (Lipinski definition) is 1. The summed E-state index contributed by atoms with van der Waals surface area (Å²) in [7, 11) is 3.89. The standard InChI is InChI=1S/C23H20FN7.ClH/c1-30(2)22-10-19-20(12-25-22)26-14-27-23(19)29-18-6-7-21-16(9-18)11-28-31(21)13-15-4-3-5-17(24)8-15;/h3-12,14H,13H2,1-2H3,(H,26,27,29);1H. The van der Waals surface area contributed by atoms with Crippen LogP contribution in [0, 0.1) is 5.82 Å². The number of nitrogens with zero attached hydrogens (tertiary/aromatic N) is 6. The number of pyridine rings is 1. The van der Waals surface area contributed by atoms with Crippen molar-refractivity contribution in [2.24, 2.45) is 0 Å². The van der Waals surface area contributed by atoms with Crippen LogP contribution in [-0.2, 0) is 6.54 Å². The molecule has 7 nitrogen and oxygen atoms in total. The molecule has 0 bridgehead atoms. The topological polar surface area (TPSA) is 71.8 Å². The van der Waals surface area contributed by atoms with E-state index in [4.69, 9.17) is 0 Å². The average molecular weight is 450 g/mol. The molecule has 0 aliphatic rings. The number of anilines is 3. The number of fused-ring (bicyclic) bond motifs is 2. The monoisotopic (exact) mass is 449 g/mol. The Morgan fingerprint density at radius 2 is 1.88 bits per heavy atom. The molecule has 0 saturated carbocycles. The van der Waals surface area contributed by atoms with Crippen LogP contribution in [0.25, 0.3) is 21.8 Å². The van der Waals surface area contributed by atoms with Gasteiger partial charge >= 0.3 is 0 Å². The third-order valence-corrected chi connectivity index (χ3v) is 5.09. The second-order valence-corrected chi connectivity index (χ2v) is 7.51. The zero-order valence-electron chi connectivity index (χ0n) is 17.5. The molecule has 3 heterocycles. The van der Waals surface area contributed by atoms with Crippen molar-refractivity contribution in [3.05, 3.63) is 78.6 Å². The lowest BCUT2D eigenvalue weighted by molar-refractivity contribution is 0.621. The molecule has 0 unspecified atom stereocenters. The van der Waals surface area contributed by atoms with Crippen LogP contribution >= 0.6 is 12.4 Å². The summed E-state index contributed by atoms with van der Waals surface area (Å²) < 4.78 is 15.4. The predicted octanol–water partition coefficient (Wildman–Crippen LogP) is 4.79. The molecule has 0 aliphatic carbocycles. The van der Waals surface area contributed by atoms with Crippen molar-refractivity contribution < 1.29 is 4.39 Å². The fourth-order valence-electron chi connectivity index (χ4n) is 3.53. The van der Waals surface area contributed by atoms with E-state index in [9.17, 15) is 4.39 Å². The van der Waals surface area contributed by atoms with Crippen molar-refractivity contribution in [1.29, 1.82) is 0 Å². The molecule has 5 rings (SSSR count). The second kappa shape index (κ2) is 8.76. The van der Waals surface area contributed by atoms with Crippen molar-refractivity contribution in [2.45, 2.75) is 6.54 Å². The molecule has 0 fully saturated rings. The molecule has 0 radical (unpaired) electrons. The lowest BCUT2D eigenvalue weighted by Crippen LogP contribution is -2.10. The molecular weight excluding hydrogens is 429 g/mol. The number of benzene rings is 2. The lowest BCUT2D eigenvalue weighted by atomic mass is 10.2. The molecule has 0 amide bonds. The van der Waals surface area contributed by atoms with Crippen molar-refractivity contribution >= 4 is 51.5 Å². The minimum absolute atomic E-state index is 0. The highest BCUT2D eigenvalue weighted by Crippen LogP contribution is 2.27. The summed E-state index contributed by atoms with van der Waals surface area (Å²) in [5, 5.41) is 9.74. The van der Waals surface area contributed by atoms with Crippen LogP contribution in [0.15, 0.2) is 67.3 Å². The van der Waals surface area contributed by atoms with Crippen molar-refractivity contribution in [2.75, 3.05) is 24.3 Å². The van der Waals surface area contributed by atoms with E-state index < -0.39 is 0 Å². The first kappa shape index (κ1) is 21.5. The number of rotatable bonds is 5. The van der Waals surface area contributed by atoms with Gasteiger partial charge in [-0.15, -0.1) is 12.4 Å². The average Bonchev–Trinajstić information content (AvgIpc) is 3.15. The summed E-state index contributed by atoms with van der Waals surface area (Å²) in [5.74, 6) is 1.30. The zero-order chi connectivity index (χ0) is 21.4. The van der Waals surface area contributed by atoms with Crippen LogP contribution in [0.4, 0.5) is 21.7 Å². The second-order valence-electron chi connectivity index (χ2n) is 7.51. The van der Waals surface area contributed by atoms with Gasteiger partial charge in [-0.2, -0.15) is 5.10 Å². The maximum absolute atomic E-state index is 13.5. The predicted molar refractivity (Wildman–Crippen MR) is 127 cm³/mol. The highest BCUT2D eigenvalue weighted by molar-refractivity contribution is 5.93. The Labute approximate surface area is 190 Å². The van der Waals surface area contributed by atoms with Crippen molar-refractivity contribution in [3.63, 3.8) is 0 Å². The van der Waals surface area contributed by atoms with Gasteiger partial charge in [0.25, 0.3) is 0 Å². The molecule has 2 aromatic carbocycles. The SMILES string of the molecule is CN(C)c1cc2c(Nc3ccc4c(cnn4Cc4cccc(F)c4)c3)ncnc2cn1.Cl. The summed E-state index contributed by atoms with van der Waals surface area (Å²) >= 11 is 0. The Bertz CT molecular complexity index is 1400. The van der Waals surface area contributed by atoms with Gasteiger partial charge < -0.3 is 10.2 Å². The Morgan fingerprint density at radius 3 is 2.69 bits per heavy atom. The lowest BCUT2D eigenvalue weighted by Gasteiger charge is -2.13. The van der Waals surface area contributed by atoms with Crippen molar-refractivity contribution in [3.8, 4) is 0 Å². The number of hydrogen-bond acceptors (Lipinski definition) is 6. The highest BCUT2D eigenvalue weighted by Gasteiger charge is 2.09. The van der Waals surface area contributed by atoms with E-state index in [1.165, 1.54) is 18.5 Å². The highest BCUT2D eigenvalue weighted by atomic mass is 35.5. The van der Waals surface area contributed by atoms with Gasteiger partial charge in [0.1, 0.15) is 23.8 Å². The van der Waals surface area contributed by atoms with Crippen LogP contribution in [0.5, 0.6) is 0 Å². The van der Waals surface area contributed by atoms with E-state index in [1.54, 1.807) is 12.3 Å². The first-order valence-corrected chi connectivity index (χ1v) is 9.82. The van der Waals surface area contributed by atoms with E-state index in [1.807, 2.05) is 60.2 Å². The van der Waals surface area contributed by atoms with Crippen LogP contribution in [-0.4, -0.2) is 38.8 Å². The van der Waals surface area contributed by atoms with Gasteiger partial charge in [-0.3, -0.25) is 4.68 Å². The zero-order valence-corrected chi connectivity index (χ0v) is 18.3. The Hall–Kier alpha value is -3.78. The summed E-state index contributed by atoms with van der Waals surface area (Å²) in [4.78, 5) is 15.1. The molecule has 0 saturated heterocycles. The first-order valence-electron chi connectivity index (χ1n) is 9.82. The summed E-state index contributed by atoms with van der Waals surface area (Å²) in [5.41, 5.74) is 3.50. The number of halogens is 2. The van der Waals surface area contributed by atoms with E-state index in [0.717, 1.165) is 38.9 Å².